The number of aryl methyl sites for hydroxylation is 1. The van der Waals surface area contributed by atoms with Gasteiger partial charge >= 0.3 is 0 Å². The quantitative estimate of drug-likeness (QED) is 0.735. The minimum Gasteiger partial charge on any atom is -0.340 e. The van der Waals surface area contributed by atoms with E-state index in [4.69, 9.17) is 4.52 Å². The third-order valence-corrected chi connectivity index (χ3v) is 3.51. The summed E-state index contributed by atoms with van der Waals surface area (Å²) in [7, 11) is 0. The highest BCUT2D eigenvalue weighted by Gasteiger charge is 2.08. The van der Waals surface area contributed by atoms with Crippen molar-refractivity contribution in [2.75, 3.05) is 0 Å². The van der Waals surface area contributed by atoms with Gasteiger partial charge in [0.05, 0.1) is 6.54 Å². The first-order valence-electron chi connectivity index (χ1n) is 6.32. The molecule has 0 aliphatic heterocycles. The van der Waals surface area contributed by atoms with Crippen molar-refractivity contribution >= 4 is 26.8 Å². The van der Waals surface area contributed by atoms with Gasteiger partial charge in [0, 0.05) is 28.0 Å². The molecule has 0 N–H and O–H groups in total. The highest BCUT2D eigenvalue weighted by molar-refractivity contribution is 9.10. The molecule has 19 heavy (non-hydrogen) atoms. The highest BCUT2D eigenvalue weighted by atomic mass is 79.9. The van der Waals surface area contributed by atoms with E-state index in [1.807, 2.05) is 12.3 Å². The summed E-state index contributed by atoms with van der Waals surface area (Å²) in [5.74, 6) is 1.44. The summed E-state index contributed by atoms with van der Waals surface area (Å²) in [5, 5.41) is 5.22. The number of benzene rings is 1. The average molecular weight is 320 g/mol. The molecule has 0 amide bonds. The molecule has 0 fully saturated rings. The molecule has 3 rings (SSSR count). The second-order valence-electron chi connectivity index (χ2n) is 4.50. The van der Waals surface area contributed by atoms with Crippen molar-refractivity contribution in [3.63, 3.8) is 0 Å². The van der Waals surface area contributed by atoms with Gasteiger partial charge in [-0.15, -0.1) is 0 Å². The van der Waals surface area contributed by atoms with Crippen molar-refractivity contribution in [1.29, 1.82) is 0 Å². The van der Waals surface area contributed by atoms with Gasteiger partial charge < -0.3 is 9.09 Å². The van der Waals surface area contributed by atoms with Gasteiger partial charge in [-0.25, -0.2) is 0 Å². The van der Waals surface area contributed by atoms with Gasteiger partial charge in [-0.1, -0.05) is 28.0 Å². The van der Waals surface area contributed by atoms with E-state index in [9.17, 15) is 0 Å². The third-order valence-electron chi connectivity index (χ3n) is 3.02. The Morgan fingerprint density at radius 1 is 1.32 bits per heavy atom. The monoisotopic (exact) mass is 319 g/mol. The number of hydrogen-bond acceptors (Lipinski definition) is 3. The van der Waals surface area contributed by atoms with Crippen molar-refractivity contribution in [3.05, 3.63) is 46.7 Å². The standard InChI is InChI=1S/C14H14BrN3O/c1-2-3-14-16-13(17-19-14)9-18-7-6-10-8-11(15)4-5-12(10)18/h4-8H,2-3,9H2,1H3. The van der Waals surface area contributed by atoms with Crippen LogP contribution in [-0.4, -0.2) is 14.7 Å². The van der Waals surface area contributed by atoms with E-state index in [-0.39, 0.29) is 0 Å². The Labute approximate surface area is 119 Å². The molecule has 0 bridgehead atoms. The Kier molecular flexibility index (Phi) is 3.38. The highest BCUT2D eigenvalue weighted by Crippen LogP contribution is 2.21. The van der Waals surface area contributed by atoms with E-state index >= 15 is 0 Å². The average Bonchev–Trinajstić information content (AvgIpc) is 2.98. The molecule has 0 radical (unpaired) electrons. The van der Waals surface area contributed by atoms with Crippen LogP contribution in [-0.2, 0) is 13.0 Å². The third kappa shape index (κ3) is 2.56. The minimum atomic E-state index is 0.637. The van der Waals surface area contributed by atoms with Crippen molar-refractivity contribution in [1.82, 2.24) is 14.7 Å². The first-order valence-corrected chi connectivity index (χ1v) is 7.11. The maximum Gasteiger partial charge on any atom is 0.226 e. The van der Waals surface area contributed by atoms with Crippen LogP contribution in [0.3, 0.4) is 0 Å². The summed E-state index contributed by atoms with van der Waals surface area (Å²) in [6.45, 7) is 2.74. The van der Waals surface area contributed by atoms with E-state index in [2.05, 4.69) is 55.8 Å². The number of aromatic nitrogens is 3. The molecule has 1 aromatic carbocycles. The van der Waals surface area contributed by atoms with Gasteiger partial charge in [0.25, 0.3) is 0 Å². The van der Waals surface area contributed by atoms with Crippen molar-refractivity contribution < 1.29 is 4.52 Å². The molecule has 0 saturated carbocycles. The first kappa shape index (κ1) is 12.4. The largest absolute Gasteiger partial charge is 0.340 e. The molecule has 0 atom stereocenters. The van der Waals surface area contributed by atoms with Crippen LogP contribution >= 0.6 is 15.9 Å². The fourth-order valence-corrected chi connectivity index (χ4v) is 2.51. The predicted octanol–water partition coefficient (Wildman–Crippen LogP) is 3.79. The molecule has 98 valence electrons. The molecule has 4 nitrogen and oxygen atoms in total. The van der Waals surface area contributed by atoms with E-state index in [0.29, 0.717) is 6.54 Å². The number of nitrogens with zero attached hydrogens (tertiary/aromatic N) is 3. The van der Waals surface area contributed by atoms with E-state index in [1.54, 1.807) is 0 Å². The lowest BCUT2D eigenvalue weighted by Crippen LogP contribution is -1.99. The predicted molar refractivity (Wildman–Crippen MR) is 77.0 cm³/mol. The van der Waals surface area contributed by atoms with Crippen LogP contribution in [0.5, 0.6) is 0 Å². The van der Waals surface area contributed by atoms with Gasteiger partial charge in [-0.2, -0.15) is 4.98 Å². The van der Waals surface area contributed by atoms with E-state index < -0.39 is 0 Å². The summed E-state index contributed by atoms with van der Waals surface area (Å²) >= 11 is 3.48. The maximum atomic E-state index is 5.20. The molecular weight excluding hydrogens is 306 g/mol. The lowest BCUT2D eigenvalue weighted by molar-refractivity contribution is 0.371. The van der Waals surface area contributed by atoms with Crippen LogP contribution < -0.4 is 0 Å². The zero-order valence-corrected chi connectivity index (χ0v) is 12.2. The minimum absolute atomic E-state index is 0.637. The van der Waals surface area contributed by atoms with Gasteiger partial charge in [-0.3, -0.25) is 0 Å². The zero-order valence-electron chi connectivity index (χ0n) is 10.6. The van der Waals surface area contributed by atoms with E-state index in [0.717, 1.165) is 29.0 Å². The first-order chi connectivity index (χ1) is 9.26. The molecule has 5 heteroatoms. The van der Waals surface area contributed by atoms with Crippen molar-refractivity contribution in [3.8, 4) is 0 Å². The van der Waals surface area contributed by atoms with Gasteiger partial charge in [0.1, 0.15) is 0 Å². The second-order valence-corrected chi connectivity index (χ2v) is 5.42. The number of fused-ring (bicyclic) bond motifs is 1. The van der Waals surface area contributed by atoms with E-state index in [1.165, 1.54) is 10.9 Å². The zero-order chi connectivity index (χ0) is 13.2. The smallest absolute Gasteiger partial charge is 0.226 e. The summed E-state index contributed by atoms with van der Waals surface area (Å²) in [4.78, 5) is 4.39. The fraction of sp³-hybridized carbons (Fsp3) is 0.286. The van der Waals surface area contributed by atoms with Crippen LogP contribution in [0.15, 0.2) is 39.5 Å². The fourth-order valence-electron chi connectivity index (χ4n) is 2.13. The Hall–Kier alpha value is -1.62. The molecule has 2 heterocycles. The SMILES string of the molecule is CCCc1nc(Cn2ccc3cc(Br)ccc32)no1. The molecule has 0 spiro atoms. The van der Waals surface area contributed by atoms with Gasteiger partial charge in [0.15, 0.2) is 5.82 Å². The van der Waals surface area contributed by atoms with Crippen LogP contribution in [0.2, 0.25) is 0 Å². The lowest BCUT2D eigenvalue weighted by Gasteiger charge is -2.01. The molecule has 0 saturated heterocycles. The summed E-state index contributed by atoms with van der Waals surface area (Å²) in [6, 6.07) is 8.32. The van der Waals surface area contributed by atoms with Gasteiger partial charge in [-0.05, 0) is 30.7 Å². The van der Waals surface area contributed by atoms with Gasteiger partial charge in [0.2, 0.25) is 5.89 Å². The lowest BCUT2D eigenvalue weighted by atomic mass is 10.2. The van der Waals surface area contributed by atoms with Crippen LogP contribution in [0.1, 0.15) is 25.1 Å². The summed E-state index contributed by atoms with van der Waals surface area (Å²) in [6.07, 6.45) is 3.90. The van der Waals surface area contributed by atoms with Crippen LogP contribution in [0, 0.1) is 0 Å². The normalized spacial score (nSPS) is 11.3. The summed E-state index contributed by atoms with van der Waals surface area (Å²) in [5.41, 5.74) is 1.17. The number of hydrogen-bond donors (Lipinski definition) is 0. The topological polar surface area (TPSA) is 43.9 Å². The molecule has 0 aliphatic rings. The maximum absolute atomic E-state index is 5.20. The molecular formula is C14H14BrN3O. The second kappa shape index (κ2) is 5.17. The van der Waals surface area contributed by atoms with Crippen LogP contribution in [0.4, 0.5) is 0 Å². The molecule has 3 aromatic rings. The Morgan fingerprint density at radius 3 is 3.05 bits per heavy atom. The molecule has 0 aliphatic carbocycles. The Morgan fingerprint density at radius 2 is 2.21 bits per heavy atom. The molecule has 2 aromatic heterocycles. The summed E-state index contributed by atoms with van der Waals surface area (Å²) < 4.78 is 8.42. The number of halogens is 1. The van der Waals surface area contributed by atoms with Crippen molar-refractivity contribution in [2.24, 2.45) is 0 Å². The van der Waals surface area contributed by atoms with Crippen LogP contribution in [0.25, 0.3) is 10.9 Å². The molecule has 0 unspecified atom stereocenters. The number of rotatable bonds is 4. The van der Waals surface area contributed by atoms with Crippen molar-refractivity contribution in [2.45, 2.75) is 26.3 Å². The Balaban J connectivity index is 1.88. The Bertz CT molecular complexity index is 702.